The molecular formula is C27H26N4O8S3. The van der Waals surface area contributed by atoms with E-state index in [4.69, 9.17) is 9.47 Å². The van der Waals surface area contributed by atoms with E-state index in [9.17, 15) is 26.4 Å². The first-order valence-corrected chi connectivity index (χ1v) is 17.0. The van der Waals surface area contributed by atoms with Crippen molar-refractivity contribution < 1.29 is 35.9 Å². The lowest BCUT2D eigenvalue weighted by Gasteiger charge is -2.19. The number of amides is 2. The highest BCUT2D eigenvalue weighted by atomic mass is 32.3. The topological polar surface area (TPSA) is 154 Å². The summed E-state index contributed by atoms with van der Waals surface area (Å²) in [4.78, 5) is 27.8. The first kappa shape index (κ1) is 29.4. The Morgan fingerprint density at radius 1 is 0.905 bits per heavy atom. The molecule has 1 aliphatic rings. The van der Waals surface area contributed by atoms with E-state index in [1.165, 1.54) is 24.3 Å². The van der Waals surface area contributed by atoms with Crippen LogP contribution in [0, 0.1) is 0 Å². The lowest BCUT2D eigenvalue weighted by Crippen LogP contribution is -2.35. The Bertz CT molecular complexity index is 1860. The highest BCUT2D eigenvalue weighted by molar-refractivity contribution is 8.15. The highest BCUT2D eigenvalue weighted by Crippen LogP contribution is 2.30. The molecule has 5 rings (SSSR count). The van der Waals surface area contributed by atoms with Crippen LogP contribution >= 0.6 is 11.8 Å². The summed E-state index contributed by atoms with van der Waals surface area (Å²) in [6.07, 6.45) is 2.09. The number of thioether (sulfide) groups is 1. The SMILES string of the molecule is Cn1c(COc2ccc(CC3SC(=O)NC3=O)cc2)nc2ccc(Oc3ccc(N(S(C)(=O)=O)S(C)(=O)=O)cc3)cc21. The van der Waals surface area contributed by atoms with E-state index in [1.54, 1.807) is 30.3 Å². The second-order valence-corrected chi connectivity index (χ2v) is 14.6. The Hall–Kier alpha value is -4.08. The van der Waals surface area contributed by atoms with Gasteiger partial charge in [0.2, 0.25) is 26.0 Å². The molecule has 1 aliphatic heterocycles. The van der Waals surface area contributed by atoms with Crippen molar-refractivity contribution >= 4 is 59.7 Å². The average molecular weight is 631 g/mol. The van der Waals surface area contributed by atoms with Gasteiger partial charge >= 0.3 is 0 Å². The van der Waals surface area contributed by atoms with Crippen molar-refractivity contribution in [2.45, 2.75) is 18.3 Å². The fourth-order valence-corrected chi connectivity index (χ4v) is 8.26. The number of carbonyl (C=O) groups is 2. The second kappa shape index (κ2) is 11.3. The normalized spacial score (nSPS) is 15.5. The van der Waals surface area contributed by atoms with Gasteiger partial charge in [0, 0.05) is 13.1 Å². The van der Waals surface area contributed by atoms with Crippen molar-refractivity contribution in [3.8, 4) is 17.2 Å². The molecular weight excluding hydrogens is 605 g/mol. The number of hydrogen-bond acceptors (Lipinski definition) is 10. The van der Waals surface area contributed by atoms with Gasteiger partial charge in [0.1, 0.15) is 29.7 Å². The predicted molar refractivity (Wildman–Crippen MR) is 159 cm³/mol. The van der Waals surface area contributed by atoms with Crippen molar-refractivity contribution in [3.05, 3.63) is 78.1 Å². The summed E-state index contributed by atoms with van der Waals surface area (Å²) in [6.45, 7) is 0.203. The van der Waals surface area contributed by atoms with Gasteiger partial charge in [-0.15, -0.1) is 0 Å². The molecule has 3 aromatic carbocycles. The van der Waals surface area contributed by atoms with E-state index in [2.05, 4.69) is 10.3 Å². The van der Waals surface area contributed by atoms with Crippen LogP contribution in [-0.2, 0) is 44.9 Å². The molecule has 1 saturated heterocycles. The molecule has 1 fully saturated rings. The molecule has 0 spiro atoms. The van der Waals surface area contributed by atoms with Gasteiger partial charge < -0.3 is 14.0 Å². The molecule has 12 nitrogen and oxygen atoms in total. The van der Waals surface area contributed by atoms with Gasteiger partial charge in [0.05, 0.1) is 34.5 Å². The van der Waals surface area contributed by atoms with E-state index >= 15 is 0 Å². The first-order chi connectivity index (χ1) is 19.8. The fraction of sp³-hybridized carbons (Fsp3) is 0.222. The molecule has 1 atom stereocenters. The lowest BCUT2D eigenvalue weighted by atomic mass is 10.1. The van der Waals surface area contributed by atoms with Gasteiger partial charge in [-0.3, -0.25) is 14.9 Å². The Labute approximate surface area is 246 Å². The monoisotopic (exact) mass is 630 g/mol. The van der Waals surface area contributed by atoms with Gasteiger partial charge in [-0.1, -0.05) is 23.9 Å². The molecule has 42 heavy (non-hydrogen) atoms. The maximum absolute atomic E-state index is 12.0. The van der Waals surface area contributed by atoms with Crippen molar-refractivity contribution in [1.29, 1.82) is 0 Å². The summed E-state index contributed by atoms with van der Waals surface area (Å²) in [5.41, 5.74) is 2.41. The van der Waals surface area contributed by atoms with Crippen molar-refractivity contribution in [2.24, 2.45) is 7.05 Å². The summed E-state index contributed by atoms with van der Waals surface area (Å²) < 4.78 is 62.1. The number of imidazole rings is 1. The van der Waals surface area contributed by atoms with Gasteiger partial charge in [-0.05, 0) is 60.5 Å². The summed E-state index contributed by atoms with van der Waals surface area (Å²) >= 11 is 0.995. The number of carbonyl (C=O) groups excluding carboxylic acids is 2. The molecule has 4 aromatic rings. The van der Waals surface area contributed by atoms with E-state index in [0.29, 0.717) is 33.2 Å². The molecule has 1 aromatic heterocycles. The number of imide groups is 1. The van der Waals surface area contributed by atoms with Gasteiger partial charge in [-0.25, -0.2) is 21.8 Å². The minimum Gasteiger partial charge on any atom is -0.486 e. The molecule has 15 heteroatoms. The minimum atomic E-state index is -4.05. The highest BCUT2D eigenvalue weighted by Gasteiger charge is 2.31. The zero-order valence-electron chi connectivity index (χ0n) is 22.7. The number of fused-ring (bicyclic) bond motifs is 1. The number of nitrogens with one attached hydrogen (secondary N) is 1. The number of sulfonamides is 2. The Kier molecular flexibility index (Phi) is 7.92. The first-order valence-electron chi connectivity index (χ1n) is 12.4. The van der Waals surface area contributed by atoms with Crippen LogP contribution in [0.2, 0.25) is 0 Å². The zero-order chi connectivity index (χ0) is 30.2. The molecule has 2 heterocycles. The number of aromatic nitrogens is 2. The minimum absolute atomic E-state index is 0.0228. The van der Waals surface area contributed by atoms with Crippen LogP contribution in [0.4, 0.5) is 10.5 Å². The van der Waals surface area contributed by atoms with E-state index in [1.807, 2.05) is 23.7 Å². The van der Waals surface area contributed by atoms with Gasteiger partial charge in [0.15, 0.2) is 0 Å². The lowest BCUT2D eigenvalue weighted by molar-refractivity contribution is -0.118. The summed E-state index contributed by atoms with van der Waals surface area (Å²) in [5, 5.41) is 1.54. The Morgan fingerprint density at radius 3 is 2.12 bits per heavy atom. The number of benzene rings is 3. The molecule has 0 aliphatic carbocycles. The third kappa shape index (κ3) is 6.53. The number of aryl methyl sites for hydroxylation is 1. The van der Waals surface area contributed by atoms with Gasteiger partial charge in [0.25, 0.3) is 5.24 Å². The van der Waals surface area contributed by atoms with E-state index in [0.717, 1.165) is 40.9 Å². The fourth-order valence-electron chi connectivity index (χ4n) is 4.42. The van der Waals surface area contributed by atoms with Crippen molar-refractivity contribution in [3.63, 3.8) is 0 Å². The van der Waals surface area contributed by atoms with Crippen molar-refractivity contribution in [2.75, 3.05) is 16.2 Å². The quantitative estimate of drug-likeness (QED) is 0.275. The largest absolute Gasteiger partial charge is 0.486 e. The maximum atomic E-state index is 12.0. The van der Waals surface area contributed by atoms with Crippen molar-refractivity contribution in [1.82, 2.24) is 14.9 Å². The number of ether oxygens (including phenoxy) is 2. The number of rotatable bonds is 10. The van der Waals surface area contributed by atoms with Crippen LogP contribution in [0.25, 0.3) is 11.0 Å². The number of nitrogens with zero attached hydrogens (tertiary/aromatic N) is 3. The molecule has 0 radical (unpaired) electrons. The molecule has 0 bridgehead atoms. The smallest absolute Gasteiger partial charge is 0.286 e. The standard InChI is InChI=1S/C27H26N4O8S3/c1-30-23-15-21(39-20-10-6-18(7-11-20)31(41(2,34)35)42(3,36)37)12-13-22(23)28-25(30)16-38-19-8-4-17(5-9-19)14-24-26(32)29-27(33)40-24/h4-13,15,24H,14,16H2,1-3H3,(H,29,32,33). The summed E-state index contributed by atoms with van der Waals surface area (Å²) in [5.74, 6) is 1.91. The van der Waals surface area contributed by atoms with Crippen LogP contribution in [0.15, 0.2) is 66.7 Å². The van der Waals surface area contributed by atoms with E-state index in [-0.39, 0.29) is 23.4 Å². The van der Waals surface area contributed by atoms with Crippen LogP contribution < -0.4 is 18.5 Å². The molecule has 0 saturated carbocycles. The number of anilines is 1. The zero-order valence-corrected chi connectivity index (χ0v) is 25.1. The molecule has 1 unspecified atom stereocenters. The Balaban J connectivity index is 1.24. The summed E-state index contributed by atoms with van der Waals surface area (Å²) in [7, 11) is -6.24. The van der Waals surface area contributed by atoms with Crippen LogP contribution in [0.3, 0.4) is 0 Å². The maximum Gasteiger partial charge on any atom is 0.286 e. The Morgan fingerprint density at radius 2 is 1.52 bits per heavy atom. The average Bonchev–Trinajstić information content (AvgIpc) is 3.39. The third-order valence-corrected chi connectivity index (χ3v) is 10.5. The summed E-state index contributed by atoms with van der Waals surface area (Å²) in [6, 6.07) is 18.3. The van der Waals surface area contributed by atoms with Crippen LogP contribution in [0.1, 0.15) is 11.4 Å². The van der Waals surface area contributed by atoms with Crippen LogP contribution in [-0.4, -0.2) is 55.3 Å². The third-order valence-electron chi connectivity index (χ3n) is 6.31. The number of hydrogen-bond donors (Lipinski definition) is 1. The van der Waals surface area contributed by atoms with Crippen LogP contribution in [0.5, 0.6) is 17.2 Å². The molecule has 2 amide bonds. The predicted octanol–water partition coefficient (Wildman–Crippen LogP) is 3.56. The molecule has 220 valence electrons. The molecule has 1 N–H and O–H groups in total. The second-order valence-electron chi connectivity index (χ2n) is 9.58. The van der Waals surface area contributed by atoms with E-state index < -0.39 is 25.3 Å². The van der Waals surface area contributed by atoms with Gasteiger partial charge in [-0.2, -0.15) is 3.71 Å².